The van der Waals surface area contributed by atoms with Crippen molar-refractivity contribution in [3.63, 3.8) is 0 Å². The van der Waals surface area contributed by atoms with Crippen molar-refractivity contribution in [2.45, 2.75) is 26.3 Å². The van der Waals surface area contributed by atoms with E-state index in [9.17, 15) is 0 Å². The molecule has 8 nitrogen and oxygen atoms in total. The highest BCUT2D eigenvalue weighted by Gasteiger charge is 2.11. The van der Waals surface area contributed by atoms with E-state index in [0.717, 1.165) is 30.1 Å². The summed E-state index contributed by atoms with van der Waals surface area (Å²) in [7, 11) is 0. The number of anilines is 1. The quantitative estimate of drug-likeness (QED) is 0.582. The van der Waals surface area contributed by atoms with Crippen LogP contribution in [0.1, 0.15) is 25.0 Å². The van der Waals surface area contributed by atoms with Crippen molar-refractivity contribution in [1.29, 1.82) is 0 Å². The Bertz CT molecular complexity index is 697. The number of nitrogens with one attached hydrogen (secondary N) is 2. The number of guanidine groups is 1. The summed E-state index contributed by atoms with van der Waals surface area (Å²) in [5.74, 6) is 3.21. The van der Waals surface area contributed by atoms with E-state index in [0.29, 0.717) is 37.3 Å². The maximum Gasteiger partial charge on any atom is 0.193 e. The molecule has 0 aliphatic carbocycles. The van der Waals surface area contributed by atoms with Gasteiger partial charge in [0.25, 0.3) is 0 Å². The Balaban J connectivity index is 1.63. The number of aromatic amines is 1. The van der Waals surface area contributed by atoms with Gasteiger partial charge in [-0.15, -0.1) is 0 Å². The molecule has 1 aromatic heterocycles. The van der Waals surface area contributed by atoms with Gasteiger partial charge in [-0.05, 0) is 12.1 Å². The summed E-state index contributed by atoms with van der Waals surface area (Å²) >= 11 is 0. The maximum absolute atomic E-state index is 5.90. The fourth-order valence-corrected chi connectivity index (χ4v) is 2.15. The number of benzene rings is 1. The van der Waals surface area contributed by atoms with Crippen LogP contribution >= 0.6 is 0 Å². The number of aromatic nitrogens is 3. The van der Waals surface area contributed by atoms with Gasteiger partial charge >= 0.3 is 0 Å². The Morgan fingerprint density at radius 1 is 1.35 bits per heavy atom. The first kappa shape index (κ1) is 15.1. The molecule has 2 heterocycles. The molecule has 0 unspecified atom stereocenters. The molecule has 8 heteroatoms. The highest BCUT2D eigenvalue weighted by atomic mass is 16.5. The molecule has 0 fully saturated rings. The van der Waals surface area contributed by atoms with E-state index in [1.165, 1.54) is 0 Å². The van der Waals surface area contributed by atoms with Gasteiger partial charge in [0.15, 0.2) is 23.3 Å². The number of hydrogen-bond acceptors (Lipinski definition) is 5. The number of aryl methyl sites for hydroxylation is 1. The molecule has 0 radical (unpaired) electrons. The van der Waals surface area contributed by atoms with Crippen LogP contribution in [0.25, 0.3) is 0 Å². The fraction of sp³-hybridized carbons (Fsp3) is 0.400. The molecule has 0 spiro atoms. The minimum atomic E-state index is 0.300. The largest absolute Gasteiger partial charge is 0.490 e. The number of ether oxygens (including phenoxy) is 2. The van der Waals surface area contributed by atoms with E-state index < -0.39 is 0 Å². The second-order valence-electron chi connectivity index (χ2n) is 5.09. The van der Waals surface area contributed by atoms with Crippen molar-refractivity contribution in [3.05, 3.63) is 29.8 Å². The molecule has 1 aliphatic rings. The van der Waals surface area contributed by atoms with Crippen LogP contribution in [0.4, 0.5) is 5.69 Å². The van der Waals surface area contributed by atoms with Gasteiger partial charge in [-0.1, -0.05) is 6.92 Å². The first-order chi connectivity index (χ1) is 11.2. The highest BCUT2D eigenvalue weighted by Crippen LogP contribution is 2.32. The van der Waals surface area contributed by atoms with Crippen LogP contribution in [-0.4, -0.2) is 34.4 Å². The Labute approximate surface area is 134 Å². The third-order valence-corrected chi connectivity index (χ3v) is 3.31. The SMILES string of the molecule is CCc1n[nH]c(CN=C(N)Nc2ccc3c(c2)OCCCO3)n1. The van der Waals surface area contributed by atoms with E-state index >= 15 is 0 Å². The zero-order chi connectivity index (χ0) is 16.1. The summed E-state index contributed by atoms with van der Waals surface area (Å²) in [6.45, 7) is 3.65. The molecule has 0 saturated carbocycles. The summed E-state index contributed by atoms with van der Waals surface area (Å²) < 4.78 is 11.2. The maximum atomic E-state index is 5.90. The van der Waals surface area contributed by atoms with E-state index in [4.69, 9.17) is 15.2 Å². The molecule has 1 aromatic carbocycles. The van der Waals surface area contributed by atoms with Crippen LogP contribution in [-0.2, 0) is 13.0 Å². The van der Waals surface area contributed by atoms with E-state index in [1.807, 2.05) is 25.1 Å². The van der Waals surface area contributed by atoms with Crippen molar-refractivity contribution >= 4 is 11.6 Å². The van der Waals surface area contributed by atoms with Crippen LogP contribution < -0.4 is 20.5 Å². The number of aliphatic imine (C=N–C) groups is 1. The molecular weight excluding hydrogens is 296 g/mol. The van der Waals surface area contributed by atoms with Crippen LogP contribution in [0.15, 0.2) is 23.2 Å². The van der Waals surface area contributed by atoms with Gasteiger partial charge in [0.2, 0.25) is 0 Å². The average molecular weight is 316 g/mol. The van der Waals surface area contributed by atoms with Crippen molar-refractivity contribution in [2.24, 2.45) is 10.7 Å². The predicted molar refractivity (Wildman–Crippen MR) is 86.8 cm³/mol. The topological polar surface area (TPSA) is 110 Å². The highest BCUT2D eigenvalue weighted by molar-refractivity contribution is 5.92. The normalized spacial score (nSPS) is 14.4. The molecule has 0 atom stereocenters. The smallest absolute Gasteiger partial charge is 0.193 e. The Morgan fingerprint density at radius 2 is 2.17 bits per heavy atom. The first-order valence-electron chi connectivity index (χ1n) is 7.61. The zero-order valence-electron chi connectivity index (χ0n) is 13.0. The van der Waals surface area contributed by atoms with Gasteiger partial charge in [-0.2, -0.15) is 5.10 Å². The molecule has 2 aromatic rings. The van der Waals surface area contributed by atoms with Crippen molar-refractivity contribution in [1.82, 2.24) is 15.2 Å². The minimum Gasteiger partial charge on any atom is -0.490 e. The molecule has 1 aliphatic heterocycles. The lowest BCUT2D eigenvalue weighted by Gasteiger charge is -2.10. The number of nitrogens with zero attached hydrogens (tertiary/aromatic N) is 3. The molecule has 0 bridgehead atoms. The van der Waals surface area contributed by atoms with Crippen molar-refractivity contribution in [3.8, 4) is 11.5 Å². The molecule has 3 rings (SSSR count). The van der Waals surface area contributed by atoms with Crippen molar-refractivity contribution in [2.75, 3.05) is 18.5 Å². The number of rotatable bonds is 4. The van der Waals surface area contributed by atoms with E-state index in [-0.39, 0.29) is 0 Å². The second kappa shape index (κ2) is 6.99. The lowest BCUT2D eigenvalue weighted by atomic mass is 10.3. The first-order valence-corrected chi connectivity index (χ1v) is 7.61. The summed E-state index contributed by atoms with van der Waals surface area (Å²) in [4.78, 5) is 8.53. The third-order valence-electron chi connectivity index (χ3n) is 3.31. The van der Waals surface area contributed by atoms with Crippen LogP contribution in [0.2, 0.25) is 0 Å². The van der Waals surface area contributed by atoms with Gasteiger partial charge in [0.1, 0.15) is 12.4 Å². The molecule has 0 amide bonds. The third kappa shape index (κ3) is 3.91. The van der Waals surface area contributed by atoms with Gasteiger partial charge in [-0.3, -0.25) is 5.10 Å². The van der Waals surface area contributed by atoms with Crippen molar-refractivity contribution < 1.29 is 9.47 Å². The second-order valence-corrected chi connectivity index (χ2v) is 5.09. The van der Waals surface area contributed by atoms with Gasteiger partial charge in [0.05, 0.1) is 13.2 Å². The molecule has 122 valence electrons. The summed E-state index contributed by atoms with van der Waals surface area (Å²) in [5, 5.41) is 9.93. The Morgan fingerprint density at radius 3 is 2.96 bits per heavy atom. The Hall–Kier alpha value is -2.77. The van der Waals surface area contributed by atoms with E-state index in [1.54, 1.807) is 0 Å². The number of nitrogens with two attached hydrogens (primary N) is 1. The van der Waals surface area contributed by atoms with Crippen LogP contribution in [0.5, 0.6) is 11.5 Å². The van der Waals surface area contributed by atoms with Crippen LogP contribution in [0, 0.1) is 0 Å². The average Bonchev–Trinajstić information content (AvgIpc) is 2.90. The Kier molecular flexibility index (Phi) is 4.60. The van der Waals surface area contributed by atoms with E-state index in [2.05, 4.69) is 25.5 Å². The fourth-order valence-electron chi connectivity index (χ4n) is 2.15. The zero-order valence-corrected chi connectivity index (χ0v) is 13.0. The molecule has 0 saturated heterocycles. The molecular formula is C15H20N6O2. The monoisotopic (exact) mass is 316 g/mol. The predicted octanol–water partition coefficient (Wildman–Crippen LogP) is 1.46. The minimum absolute atomic E-state index is 0.300. The lowest BCUT2D eigenvalue weighted by molar-refractivity contribution is 0.297. The number of hydrogen-bond donors (Lipinski definition) is 3. The summed E-state index contributed by atoms with van der Waals surface area (Å²) in [5.41, 5.74) is 6.70. The van der Waals surface area contributed by atoms with Crippen LogP contribution in [0.3, 0.4) is 0 Å². The molecule has 23 heavy (non-hydrogen) atoms. The summed E-state index contributed by atoms with van der Waals surface area (Å²) in [6.07, 6.45) is 1.66. The molecule has 4 N–H and O–H groups in total. The van der Waals surface area contributed by atoms with Gasteiger partial charge in [0, 0.05) is 24.6 Å². The summed E-state index contributed by atoms with van der Waals surface area (Å²) in [6, 6.07) is 5.59. The lowest BCUT2D eigenvalue weighted by Crippen LogP contribution is -2.22. The van der Waals surface area contributed by atoms with Gasteiger partial charge in [-0.25, -0.2) is 9.98 Å². The number of fused-ring (bicyclic) bond motifs is 1. The standard InChI is InChI=1S/C15H20N6O2/c1-2-13-19-14(21-20-13)9-17-15(16)18-10-4-5-11-12(8-10)23-7-3-6-22-11/h4-5,8H,2-3,6-7,9H2,1H3,(H3,16,17,18)(H,19,20,21). The van der Waals surface area contributed by atoms with Gasteiger partial charge < -0.3 is 20.5 Å². The number of H-pyrrole nitrogens is 1.